The van der Waals surface area contributed by atoms with E-state index in [0.29, 0.717) is 19.3 Å². The van der Waals surface area contributed by atoms with Gasteiger partial charge >= 0.3 is 17.9 Å². The third kappa shape index (κ3) is 52.9. The molecule has 0 aliphatic rings. The van der Waals surface area contributed by atoms with Crippen molar-refractivity contribution in [1.82, 2.24) is 0 Å². The van der Waals surface area contributed by atoms with E-state index in [1.165, 1.54) is 205 Å². The van der Waals surface area contributed by atoms with Crippen LogP contribution in [0, 0.1) is 0 Å². The van der Waals surface area contributed by atoms with Gasteiger partial charge in [0.05, 0.1) is 0 Å². The Kier molecular flexibility index (Phi) is 53.7. The summed E-state index contributed by atoms with van der Waals surface area (Å²) in [7, 11) is 0. The van der Waals surface area contributed by atoms with Gasteiger partial charge in [0.1, 0.15) is 13.2 Å². The van der Waals surface area contributed by atoms with Crippen LogP contribution in [0.1, 0.15) is 323 Å². The van der Waals surface area contributed by atoms with Gasteiger partial charge in [0.15, 0.2) is 6.10 Å². The van der Waals surface area contributed by atoms with E-state index in [1.54, 1.807) is 0 Å². The van der Waals surface area contributed by atoms with Crippen molar-refractivity contribution in [3.05, 3.63) is 24.3 Å². The Labute approximate surface area is 411 Å². The average molecular weight is 930 g/mol. The molecule has 0 aromatic carbocycles. The summed E-state index contributed by atoms with van der Waals surface area (Å²) < 4.78 is 16.9. The van der Waals surface area contributed by atoms with E-state index in [-0.39, 0.29) is 31.1 Å². The SMILES string of the molecule is CCCCCCCCC/C=C\C=C/CCCCCCCC(=O)OC(COC(=O)CCCCCCCCCCCCC)COC(=O)CCCCCCCCCCCCCCCCCCCCC. The number of rotatable bonds is 54. The molecule has 0 aliphatic carbocycles. The van der Waals surface area contributed by atoms with Crippen molar-refractivity contribution in [3.8, 4) is 0 Å². The number of hydrogen-bond donors (Lipinski definition) is 0. The van der Waals surface area contributed by atoms with Crippen LogP contribution in [0.2, 0.25) is 0 Å². The van der Waals surface area contributed by atoms with Crippen molar-refractivity contribution in [2.24, 2.45) is 0 Å². The van der Waals surface area contributed by atoms with E-state index in [4.69, 9.17) is 14.2 Å². The number of hydrogen-bond acceptors (Lipinski definition) is 6. The second-order valence-electron chi connectivity index (χ2n) is 20.0. The number of allylic oxidation sites excluding steroid dienone is 4. The molecule has 0 saturated heterocycles. The Hall–Kier alpha value is -2.11. The third-order valence-corrected chi connectivity index (χ3v) is 13.2. The van der Waals surface area contributed by atoms with Crippen LogP contribution in [0.5, 0.6) is 0 Å². The van der Waals surface area contributed by atoms with Gasteiger partial charge in [-0.2, -0.15) is 0 Å². The molecule has 0 N–H and O–H groups in total. The van der Waals surface area contributed by atoms with Crippen LogP contribution in [0.15, 0.2) is 24.3 Å². The molecule has 1 atom stereocenters. The van der Waals surface area contributed by atoms with E-state index in [1.807, 2.05) is 0 Å². The lowest BCUT2D eigenvalue weighted by Gasteiger charge is -2.18. The molecule has 0 rings (SSSR count). The first-order chi connectivity index (χ1) is 32.5. The highest BCUT2D eigenvalue weighted by Crippen LogP contribution is 2.17. The zero-order valence-corrected chi connectivity index (χ0v) is 44.5. The molecule has 1 unspecified atom stereocenters. The first-order valence-electron chi connectivity index (χ1n) is 29.4. The van der Waals surface area contributed by atoms with Crippen molar-refractivity contribution < 1.29 is 28.6 Å². The largest absolute Gasteiger partial charge is 0.462 e. The summed E-state index contributed by atoms with van der Waals surface area (Å²) in [5, 5.41) is 0. The normalized spacial score (nSPS) is 12.1. The van der Waals surface area contributed by atoms with Gasteiger partial charge in [-0.1, -0.05) is 283 Å². The van der Waals surface area contributed by atoms with Crippen molar-refractivity contribution >= 4 is 17.9 Å². The van der Waals surface area contributed by atoms with Crippen LogP contribution in [0.3, 0.4) is 0 Å². The lowest BCUT2D eigenvalue weighted by Crippen LogP contribution is -2.30. The van der Waals surface area contributed by atoms with E-state index in [2.05, 4.69) is 45.1 Å². The molecule has 0 amide bonds. The molecule has 0 saturated carbocycles. The molecule has 388 valence electrons. The maximum absolute atomic E-state index is 12.8. The van der Waals surface area contributed by atoms with Crippen LogP contribution in [-0.4, -0.2) is 37.2 Å². The molecule has 6 nitrogen and oxygen atoms in total. The molecule has 0 aromatic heterocycles. The van der Waals surface area contributed by atoms with E-state index in [9.17, 15) is 14.4 Å². The fourth-order valence-electron chi connectivity index (χ4n) is 8.79. The highest BCUT2D eigenvalue weighted by atomic mass is 16.6. The van der Waals surface area contributed by atoms with Crippen molar-refractivity contribution in [1.29, 1.82) is 0 Å². The topological polar surface area (TPSA) is 78.9 Å². The number of ether oxygens (including phenoxy) is 3. The predicted octanol–water partition coefficient (Wildman–Crippen LogP) is 19.5. The Bertz CT molecular complexity index is 1070. The minimum Gasteiger partial charge on any atom is -0.462 e. The van der Waals surface area contributed by atoms with Gasteiger partial charge in [-0.15, -0.1) is 0 Å². The monoisotopic (exact) mass is 929 g/mol. The highest BCUT2D eigenvalue weighted by molar-refractivity contribution is 5.71. The summed E-state index contributed by atoms with van der Waals surface area (Å²) >= 11 is 0. The van der Waals surface area contributed by atoms with E-state index >= 15 is 0 Å². The van der Waals surface area contributed by atoms with Crippen LogP contribution in [-0.2, 0) is 28.6 Å². The molecule has 0 heterocycles. The van der Waals surface area contributed by atoms with Gasteiger partial charge in [-0.05, 0) is 44.9 Å². The highest BCUT2D eigenvalue weighted by Gasteiger charge is 2.19. The van der Waals surface area contributed by atoms with Gasteiger partial charge in [0.2, 0.25) is 0 Å². The lowest BCUT2D eigenvalue weighted by molar-refractivity contribution is -0.167. The fraction of sp³-hybridized carbons (Fsp3) is 0.883. The Morgan fingerprint density at radius 1 is 0.303 bits per heavy atom. The first kappa shape index (κ1) is 63.9. The molecule has 0 aliphatic heterocycles. The van der Waals surface area contributed by atoms with Gasteiger partial charge in [0.25, 0.3) is 0 Å². The molecule has 0 fully saturated rings. The van der Waals surface area contributed by atoms with Crippen LogP contribution in [0.25, 0.3) is 0 Å². The molecule has 0 spiro atoms. The minimum atomic E-state index is -0.774. The third-order valence-electron chi connectivity index (χ3n) is 13.2. The quantitative estimate of drug-likeness (QED) is 0.0262. The zero-order valence-electron chi connectivity index (χ0n) is 44.5. The summed E-state index contributed by atoms with van der Waals surface area (Å²) in [5.41, 5.74) is 0. The predicted molar refractivity (Wildman–Crippen MR) is 284 cm³/mol. The van der Waals surface area contributed by atoms with E-state index < -0.39 is 6.10 Å². The summed E-state index contributed by atoms with van der Waals surface area (Å²) in [5.74, 6) is -0.867. The Morgan fingerprint density at radius 3 is 0.803 bits per heavy atom. The maximum Gasteiger partial charge on any atom is 0.306 e. The zero-order chi connectivity index (χ0) is 47.9. The van der Waals surface area contributed by atoms with Crippen LogP contribution < -0.4 is 0 Å². The summed E-state index contributed by atoms with van der Waals surface area (Å²) in [4.78, 5) is 38.1. The van der Waals surface area contributed by atoms with Crippen molar-refractivity contribution in [2.45, 2.75) is 329 Å². The Balaban J connectivity index is 4.30. The number of unbranched alkanes of at least 4 members (excludes halogenated alkanes) is 40. The molecule has 6 heteroatoms. The molecule has 0 aromatic rings. The van der Waals surface area contributed by atoms with Crippen molar-refractivity contribution in [3.63, 3.8) is 0 Å². The number of carbonyl (C=O) groups excluding carboxylic acids is 3. The molecular weight excluding hydrogens is 817 g/mol. The van der Waals surface area contributed by atoms with Gasteiger partial charge in [0, 0.05) is 19.3 Å². The second kappa shape index (κ2) is 55.5. The van der Waals surface area contributed by atoms with Crippen LogP contribution in [0.4, 0.5) is 0 Å². The van der Waals surface area contributed by atoms with E-state index in [0.717, 1.165) is 77.0 Å². The first-order valence-corrected chi connectivity index (χ1v) is 29.4. The second-order valence-corrected chi connectivity index (χ2v) is 20.0. The lowest BCUT2D eigenvalue weighted by atomic mass is 10.0. The summed E-state index contributed by atoms with van der Waals surface area (Å²) in [6.45, 7) is 6.67. The molecule has 66 heavy (non-hydrogen) atoms. The van der Waals surface area contributed by atoms with Crippen molar-refractivity contribution in [2.75, 3.05) is 13.2 Å². The van der Waals surface area contributed by atoms with Gasteiger partial charge < -0.3 is 14.2 Å². The fourth-order valence-corrected chi connectivity index (χ4v) is 8.79. The van der Waals surface area contributed by atoms with Crippen LogP contribution >= 0.6 is 0 Å². The summed E-state index contributed by atoms with van der Waals surface area (Å²) in [6, 6.07) is 0. The minimum absolute atomic E-state index is 0.0722. The molecular formula is C60H112O6. The summed E-state index contributed by atoms with van der Waals surface area (Å²) in [6.07, 6.45) is 64.6. The molecule has 0 radical (unpaired) electrons. The van der Waals surface area contributed by atoms with Gasteiger partial charge in [-0.3, -0.25) is 14.4 Å². The number of esters is 3. The standard InChI is InChI=1S/C60H112O6/c1-4-7-10-13-16-19-22-24-26-28-30-32-33-35-38-41-44-47-50-53-59(62)65-56-57(55-64-58(61)52-49-46-43-40-37-21-18-15-12-9-6-3)66-60(63)54-51-48-45-42-39-36-34-31-29-27-25-23-20-17-14-11-8-5-2/h27,29,31,34,57H,4-26,28,30,32-33,35-56H2,1-3H3/b29-27-,34-31-. The van der Waals surface area contributed by atoms with Gasteiger partial charge in [-0.25, -0.2) is 0 Å². The average Bonchev–Trinajstić information content (AvgIpc) is 3.31. The molecule has 0 bridgehead atoms. The number of carbonyl (C=O) groups is 3. The smallest absolute Gasteiger partial charge is 0.306 e. The maximum atomic E-state index is 12.8. The Morgan fingerprint density at radius 2 is 0.530 bits per heavy atom.